The van der Waals surface area contributed by atoms with E-state index in [4.69, 9.17) is 0 Å². The molecule has 9 heteroatoms. The van der Waals surface area contributed by atoms with Crippen molar-refractivity contribution in [3.8, 4) is 0 Å². The fourth-order valence-corrected chi connectivity index (χ4v) is 4.09. The molecule has 0 unspecified atom stereocenters. The zero-order valence-electron chi connectivity index (χ0n) is 21.6. The molecule has 2 aromatic rings. The van der Waals surface area contributed by atoms with Gasteiger partial charge >= 0.3 is 59.1 Å². The van der Waals surface area contributed by atoms with Crippen LogP contribution in [0.25, 0.3) is 12.2 Å². The van der Waals surface area contributed by atoms with Gasteiger partial charge in [0, 0.05) is 36.6 Å². The second-order valence-electron chi connectivity index (χ2n) is 8.82. The predicted octanol–water partition coefficient (Wildman–Crippen LogP) is -4.47. The molecule has 0 spiro atoms. The van der Waals surface area contributed by atoms with E-state index in [0.717, 1.165) is 33.6 Å². The first-order chi connectivity index (χ1) is 16.1. The Morgan fingerprint density at radius 1 is 0.778 bits per heavy atom. The minimum atomic E-state index is -1.14. The van der Waals surface area contributed by atoms with Gasteiger partial charge in [0.15, 0.2) is 5.78 Å². The minimum Gasteiger partial charge on any atom is -0.548 e. The predicted molar refractivity (Wildman–Crippen MR) is 129 cm³/mol. The SMILES string of the molecule is CC1C/C(=C\c2ccc(N(C)CC(=O)[O-])cc2)C(=O)/C(=C/c2ccc(N(C)CC(=O)[O-])cc2)C1.[Na+].[Na+]. The molecule has 0 amide bonds. The van der Waals surface area contributed by atoms with Gasteiger partial charge in [-0.2, -0.15) is 0 Å². The van der Waals surface area contributed by atoms with E-state index in [1.54, 1.807) is 23.9 Å². The number of carboxylic acid groups (broad SMARTS) is 2. The number of carbonyl (C=O) groups excluding carboxylic acids is 3. The van der Waals surface area contributed by atoms with E-state index in [-0.39, 0.29) is 78.0 Å². The van der Waals surface area contributed by atoms with Crippen LogP contribution in [0.5, 0.6) is 0 Å². The summed E-state index contributed by atoms with van der Waals surface area (Å²) in [6.45, 7) is 1.72. The zero-order valence-corrected chi connectivity index (χ0v) is 25.6. The third kappa shape index (κ3) is 9.21. The normalized spacial score (nSPS) is 17.2. The van der Waals surface area contributed by atoms with Crippen LogP contribution in [0.15, 0.2) is 59.7 Å². The number of Topliss-reactive ketones (excluding diaryl/α,β-unsaturated/α-hetero) is 1. The van der Waals surface area contributed by atoms with Crippen LogP contribution in [0, 0.1) is 5.92 Å². The van der Waals surface area contributed by atoms with Crippen LogP contribution in [0.4, 0.5) is 11.4 Å². The van der Waals surface area contributed by atoms with Crippen LogP contribution in [-0.2, 0) is 14.4 Å². The molecule has 0 aromatic heterocycles. The first-order valence-corrected chi connectivity index (χ1v) is 11.1. The van der Waals surface area contributed by atoms with Gasteiger partial charge in [-0.05, 0) is 66.3 Å². The Morgan fingerprint density at radius 3 is 1.42 bits per heavy atom. The molecule has 1 saturated carbocycles. The number of ketones is 1. The molecule has 0 N–H and O–H groups in total. The van der Waals surface area contributed by atoms with Crippen LogP contribution in [0.3, 0.4) is 0 Å². The van der Waals surface area contributed by atoms with Crippen LogP contribution in [0.1, 0.15) is 30.9 Å². The summed E-state index contributed by atoms with van der Waals surface area (Å²) in [5.41, 5.74) is 4.75. The third-order valence-corrected chi connectivity index (χ3v) is 5.80. The Kier molecular flexibility index (Phi) is 13.2. The monoisotopic (exact) mass is 506 g/mol. The molecule has 0 saturated heterocycles. The number of anilines is 2. The Labute approximate surface area is 256 Å². The quantitative estimate of drug-likeness (QED) is 0.263. The van der Waals surface area contributed by atoms with Crippen molar-refractivity contribution in [3.63, 3.8) is 0 Å². The molecule has 0 bridgehead atoms. The summed E-state index contributed by atoms with van der Waals surface area (Å²) >= 11 is 0. The molecule has 1 aliphatic rings. The van der Waals surface area contributed by atoms with Crippen LogP contribution >= 0.6 is 0 Å². The molecule has 178 valence electrons. The largest absolute Gasteiger partial charge is 1.00 e. The first-order valence-electron chi connectivity index (χ1n) is 11.1. The summed E-state index contributed by atoms with van der Waals surface area (Å²) in [6.07, 6.45) is 5.17. The van der Waals surface area contributed by atoms with Crippen molar-refractivity contribution in [2.75, 3.05) is 37.0 Å². The van der Waals surface area contributed by atoms with Crippen molar-refractivity contribution in [3.05, 3.63) is 70.8 Å². The second-order valence-corrected chi connectivity index (χ2v) is 8.82. The zero-order chi connectivity index (χ0) is 24.8. The number of aliphatic carboxylic acids is 2. The maximum absolute atomic E-state index is 13.2. The molecule has 0 heterocycles. The number of hydrogen-bond acceptors (Lipinski definition) is 7. The topological polar surface area (TPSA) is 104 Å². The Balaban J connectivity index is 0.00000324. The summed E-state index contributed by atoms with van der Waals surface area (Å²) in [6, 6.07) is 14.8. The third-order valence-electron chi connectivity index (χ3n) is 5.80. The van der Waals surface area contributed by atoms with Crippen molar-refractivity contribution in [2.24, 2.45) is 5.92 Å². The number of hydrogen-bond donors (Lipinski definition) is 0. The van der Waals surface area contributed by atoms with Gasteiger partial charge in [-0.15, -0.1) is 0 Å². The van der Waals surface area contributed by atoms with Gasteiger partial charge in [0.2, 0.25) is 0 Å². The van der Waals surface area contributed by atoms with E-state index in [1.165, 1.54) is 0 Å². The van der Waals surface area contributed by atoms with E-state index in [1.807, 2.05) is 60.7 Å². The van der Waals surface area contributed by atoms with E-state index in [9.17, 15) is 24.6 Å². The number of nitrogens with zero attached hydrogens (tertiary/aromatic N) is 2. The van der Waals surface area contributed by atoms with Crippen molar-refractivity contribution in [1.29, 1.82) is 0 Å². The van der Waals surface area contributed by atoms with E-state index < -0.39 is 11.9 Å². The average Bonchev–Trinajstić information content (AvgIpc) is 2.77. The van der Waals surface area contributed by atoms with Gasteiger partial charge in [0.1, 0.15) is 0 Å². The summed E-state index contributed by atoms with van der Waals surface area (Å²) in [7, 11) is 3.36. The van der Waals surface area contributed by atoms with Gasteiger partial charge < -0.3 is 29.6 Å². The van der Waals surface area contributed by atoms with Crippen LogP contribution < -0.4 is 79.1 Å². The van der Waals surface area contributed by atoms with Crippen molar-refractivity contribution >= 4 is 41.2 Å². The molecule has 1 aliphatic carbocycles. The minimum absolute atomic E-state index is 0. The number of carboxylic acids is 2. The smallest absolute Gasteiger partial charge is 0.548 e. The van der Waals surface area contributed by atoms with Crippen molar-refractivity contribution in [1.82, 2.24) is 0 Å². The van der Waals surface area contributed by atoms with E-state index in [2.05, 4.69) is 6.92 Å². The molecular formula is C27H28N2Na2O5. The van der Waals surface area contributed by atoms with Gasteiger partial charge in [0.05, 0.1) is 25.0 Å². The molecule has 1 fully saturated rings. The second kappa shape index (κ2) is 14.8. The fourth-order valence-electron chi connectivity index (χ4n) is 4.09. The Hall–Kier alpha value is -1.87. The van der Waals surface area contributed by atoms with Crippen molar-refractivity contribution < 1.29 is 83.7 Å². The average molecular weight is 507 g/mol. The number of rotatable bonds is 8. The number of benzene rings is 2. The molecule has 2 aromatic carbocycles. The summed E-state index contributed by atoms with van der Waals surface area (Å²) in [5, 5.41) is 21.6. The molecule has 7 nitrogen and oxygen atoms in total. The summed E-state index contributed by atoms with van der Waals surface area (Å²) in [4.78, 5) is 37.9. The van der Waals surface area contributed by atoms with Crippen LogP contribution in [-0.4, -0.2) is 44.9 Å². The number of likely N-dealkylation sites (N-methyl/N-ethyl adjacent to an activating group) is 2. The van der Waals surface area contributed by atoms with Crippen LogP contribution in [0.2, 0.25) is 0 Å². The van der Waals surface area contributed by atoms with Gasteiger partial charge in [0.25, 0.3) is 0 Å². The van der Waals surface area contributed by atoms with E-state index in [0.29, 0.717) is 18.8 Å². The standard InChI is InChI=1S/C27H30N2O5.2Na/c1-18-12-21(14-19-4-8-23(9-5-19)28(2)16-25(30)31)27(34)22(13-18)15-20-6-10-24(11-7-20)29(3)17-26(32)33;;/h4-11,14-15,18H,12-13,16-17H2,1-3H3,(H,30,31)(H,32,33);;/q;2*+1/p-2/b21-14+,22-15+;;. The number of carbonyl (C=O) groups is 3. The Bertz CT molecular complexity index is 1040. The molecule has 3 rings (SSSR count). The number of allylic oxidation sites excluding steroid dienone is 2. The maximum atomic E-state index is 13.2. The molecule has 0 aliphatic heterocycles. The summed E-state index contributed by atoms with van der Waals surface area (Å²) in [5.74, 6) is -1.95. The molecular weight excluding hydrogens is 478 g/mol. The van der Waals surface area contributed by atoms with Gasteiger partial charge in [-0.1, -0.05) is 31.2 Å². The Morgan fingerprint density at radius 2 is 1.11 bits per heavy atom. The summed E-state index contributed by atoms with van der Waals surface area (Å²) < 4.78 is 0. The first kappa shape index (κ1) is 32.2. The van der Waals surface area contributed by atoms with Crippen molar-refractivity contribution in [2.45, 2.75) is 19.8 Å². The molecule has 0 atom stereocenters. The van der Waals surface area contributed by atoms with Gasteiger partial charge in [-0.3, -0.25) is 4.79 Å². The molecule has 0 radical (unpaired) electrons. The van der Waals surface area contributed by atoms with E-state index >= 15 is 0 Å². The fraction of sp³-hybridized carbons (Fsp3) is 0.296. The van der Waals surface area contributed by atoms with Gasteiger partial charge in [-0.25, -0.2) is 0 Å². The molecule has 36 heavy (non-hydrogen) atoms. The maximum Gasteiger partial charge on any atom is 1.00 e.